The van der Waals surface area contributed by atoms with Crippen LogP contribution in [0.4, 0.5) is 0 Å². The van der Waals surface area contributed by atoms with Gasteiger partial charge in [0.25, 0.3) is 0 Å². The number of hydrogen-bond donors (Lipinski definition) is 0. The Hall–Kier alpha value is -1.98. The van der Waals surface area contributed by atoms with Gasteiger partial charge >= 0.3 is 0 Å². The van der Waals surface area contributed by atoms with Crippen molar-refractivity contribution >= 4 is 11.3 Å². The minimum absolute atomic E-state index is 0.0175. The van der Waals surface area contributed by atoms with E-state index in [4.69, 9.17) is 4.52 Å². The first-order chi connectivity index (χ1) is 10.3. The van der Waals surface area contributed by atoms with Gasteiger partial charge in [-0.05, 0) is 30.6 Å². The van der Waals surface area contributed by atoms with E-state index in [1.54, 1.807) is 11.3 Å². The second kappa shape index (κ2) is 6.20. The van der Waals surface area contributed by atoms with E-state index in [2.05, 4.69) is 41.1 Å². The first kappa shape index (κ1) is 14.0. The van der Waals surface area contributed by atoms with E-state index in [0.29, 0.717) is 11.7 Å². The van der Waals surface area contributed by atoms with E-state index < -0.39 is 0 Å². The van der Waals surface area contributed by atoms with Gasteiger partial charge in [-0.15, -0.1) is 0 Å². The molecule has 0 bridgehead atoms. The number of aromatic nitrogens is 2. The molecule has 21 heavy (non-hydrogen) atoms. The Morgan fingerprint density at radius 2 is 2.05 bits per heavy atom. The van der Waals surface area contributed by atoms with Crippen molar-refractivity contribution < 1.29 is 4.52 Å². The van der Waals surface area contributed by atoms with Crippen molar-refractivity contribution in [2.75, 3.05) is 13.6 Å². The van der Waals surface area contributed by atoms with E-state index >= 15 is 0 Å². The summed E-state index contributed by atoms with van der Waals surface area (Å²) in [5.74, 6) is 1.28. The van der Waals surface area contributed by atoms with Crippen LogP contribution in [0.2, 0.25) is 0 Å². The number of benzene rings is 1. The number of nitrogens with zero attached hydrogens (tertiary/aromatic N) is 3. The van der Waals surface area contributed by atoms with Crippen LogP contribution < -0.4 is 0 Å². The standard InChI is InChI=1S/C16H17N3OS/c1-3-19(2)14(12-7-5-4-6-8-12)16-17-15(18-20-16)13-9-10-21-11-13/h4-11,14H,3H2,1-2H3/t14-/m0/s1. The summed E-state index contributed by atoms with van der Waals surface area (Å²) in [5.41, 5.74) is 2.16. The lowest BCUT2D eigenvalue weighted by Gasteiger charge is -2.23. The lowest BCUT2D eigenvalue weighted by Crippen LogP contribution is -2.25. The van der Waals surface area contributed by atoms with Gasteiger partial charge in [0, 0.05) is 10.9 Å². The maximum Gasteiger partial charge on any atom is 0.248 e. The molecule has 3 rings (SSSR count). The quantitative estimate of drug-likeness (QED) is 0.718. The Bertz CT molecular complexity index is 679. The zero-order chi connectivity index (χ0) is 14.7. The predicted octanol–water partition coefficient (Wildman–Crippen LogP) is 3.84. The molecule has 0 N–H and O–H groups in total. The molecule has 0 fully saturated rings. The normalized spacial score (nSPS) is 12.7. The summed E-state index contributed by atoms with van der Waals surface area (Å²) >= 11 is 1.63. The largest absolute Gasteiger partial charge is 0.337 e. The van der Waals surface area contributed by atoms with E-state index in [1.807, 2.05) is 35.0 Å². The zero-order valence-corrected chi connectivity index (χ0v) is 12.9. The van der Waals surface area contributed by atoms with Crippen molar-refractivity contribution in [3.8, 4) is 11.4 Å². The number of thiophene rings is 1. The summed E-state index contributed by atoms with van der Waals surface area (Å²) in [6, 6.07) is 12.2. The van der Waals surface area contributed by atoms with Gasteiger partial charge in [-0.1, -0.05) is 42.4 Å². The molecule has 0 aliphatic heterocycles. The van der Waals surface area contributed by atoms with Crippen molar-refractivity contribution in [3.05, 3.63) is 58.6 Å². The van der Waals surface area contributed by atoms with Crippen molar-refractivity contribution in [2.45, 2.75) is 13.0 Å². The molecular formula is C16H17N3OS. The van der Waals surface area contributed by atoms with Crippen LogP contribution in [0.25, 0.3) is 11.4 Å². The van der Waals surface area contributed by atoms with Crippen LogP contribution in [0.3, 0.4) is 0 Å². The molecule has 1 atom stereocenters. The van der Waals surface area contributed by atoms with E-state index in [-0.39, 0.29) is 6.04 Å². The SMILES string of the molecule is CCN(C)[C@@H](c1ccccc1)c1nc(-c2ccsc2)no1. The monoisotopic (exact) mass is 299 g/mol. The summed E-state index contributed by atoms with van der Waals surface area (Å²) < 4.78 is 5.53. The molecule has 0 radical (unpaired) electrons. The molecule has 2 heterocycles. The molecule has 3 aromatic rings. The summed E-state index contributed by atoms with van der Waals surface area (Å²) in [5, 5.41) is 8.15. The van der Waals surface area contributed by atoms with Gasteiger partial charge in [-0.3, -0.25) is 4.90 Å². The molecule has 4 nitrogen and oxygen atoms in total. The predicted molar refractivity (Wildman–Crippen MR) is 84.2 cm³/mol. The summed E-state index contributed by atoms with van der Waals surface area (Å²) in [6.07, 6.45) is 0. The average Bonchev–Trinajstić information content (AvgIpc) is 3.19. The second-order valence-corrected chi connectivity index (χ2v) is 5.63. The van der Waals surface area contributed by atoms with Crippen LogP contribution in [-0.4, -0.2) is 28.6 Å². The molecule has 2 aromatic heterocycles. The third-order valence-corrected chi connectivity index (χ3v) is 4.19. The maximum absolute atomic E-state index is 5.53. The van der Waals surface area contributed by atoms with Crippen molar-refractivity contribution in [3.63, 3.8) is 0 Å². The average molecular weight is 299 g/mol. The molecule has 0 spiro atoms. The molecule has 5 heteroatoms. The fourth-order valence-electron chi connectivity index (χ4n) is 2.26. The molecule has 0 unspecified atom stereocenters. The van der Waals surface area contributed by atoms with Crippen molar-refractivity contribution in [1.29, 1.82) is 0 Å². The first-order valence-electron chi connectivity index (χ1n) is 6.91. The van der Waals surface area contributed by atoms with Gasteiger partial charge in [0.2, 0.25) is 11.7 Å². The summed E-state index contributed by atoms with van der Waals surface area (Å²) in [7, 11) is 2.06. The van der Waals surface area contributed by atoms with Crippen molar-refractivity contribution in [1.82, 2.24) is 15.0 Å². The Kier molecular flexibility index (Phi) is 4.13. The highest BCUT2D eigenvalue weighted by atomic mass is 32.1. The molecule has 0 aliphatic rings. The Morgan fingerprint density at radius 1 is 1.24 bits per heavy atom. The fraction of sp³-hybridized carbons (Fsp3) is 0.250. The highest BCUT2D eigenvalue weighted by Crippen LogP contribution is 2.28. The first-order valence-corrected chi connectivity index (χ1v) is 7.85. The van der Waals surface area contributed by atoms with Gasteiger partial charge in [0.1, 0.15) is 6.04 Å². The lowest BCUT2D eigenvalue weighted by atomic mass is 10.1. The highest BCUT2D eigenvalue weighted by molar-refractivity contribution is 7.08. The molecule has 0 saturated carbocycles. The van der Waals surface area contributed by atoms with E-state index in [9.17, 15) is 0 Å². The smallest absolute Gasteiger partial charge is 0.248 e. The van der Waals surface area contributed by atoms with Crippen LogP contribution in [0.1, 0.15) is 24.4 Å². The van der Waals surface area contributed by atoms with Gasteiger partial charge < -0.3 is 4.52 Å². The summed E-state index contributed by atoms with van der Waals surface area (Å²) in [6.45, 7) is 3.02. The van der Waals surface area contributed by atoms with Gasteiger partial charge in [-0.2, -0.15) is 16.3 Å². The number of hydrogen-bond acceptors (Lipinski definition) is 5. The molecule has 108 valence electrons. The van der Waals surface area contributed by atoms with Gasteiger partial charge in [-0.25, -0.2) is 0 Å². The van der Waals surface area contributed by atoms with Crippen LogP contribution in [0, 0.1) is 0 Å². The van der Waals surface area contributed by atoms with E-state index in [1.165, 1.54) is 0 Å². The van der Waals surface area contributed by atoms with Gasteiger partial charge in [0.05, 0.1) is 0 Å². The van der Waals surface area contributed by atoms with Crippen LogP contribution >= 0.6 is 11.3 Å². The van der Waals surface area contributed by atoms with Crippen LogP contribution in [0.5, 0.6) is 0 Å². The van der Waals surface area contributed by atoms with Crippen molar-refractivity contribution in [2.24, 2.45) is 0 Å². The Morgan fingerprint density at radius 3 is 2.71 bits per heavy atom. The molecular weight excluding hydrogens is 282 g/mol. The highest BCUT2D eigenvalue weighted by Gasteiger charge is 2.24. The molecule has 0 saturated heterocycles. The Labute approximate surface area is 128 Å². The van der Waals surface area contributed by atoms with Gasteiger partial charge in [0.15, 0.2) is 0 Å². The topological polar surface area (TPSA) is 42.2 Å². The third kappa shape index (κ3) is 2.89. The zero-order valence-electron chi connectivity index (χ0n) is 12.1. The minimum Gasteiger partial charge on any atom is -0.337 e. The summed E-state index contributed by atoms with van der Waals surface area (Å²) in [4.78, 5) is 6.78. The molecule has 0 amide bonds. The van der Waals surface area contributed by atoms with Crippen LogP contribution in [0.15, 0.2) is 51.7 Å². The lowest BCUT2D eigenvalue weighted by molar-refractivity contribution is 0.234. The second-order valence-electron chi connectivity index (χ2n) is 4.85. The molecule has 0 aliphatic carbocycles. The Balaban J connectivity index is 1.98. The number of rotatable bonds is 5. The molecule has 1 aromatic carbocycles. The minimum atomic E-state index is -0.0175. The third-order valence-electron chi connectivity index (χ3n) is 3.51. The fourth-order valence-corrected chi connectivity index (χ4v) is 2.89. The van der Waals surface area contributed by atoms with E-state index in [0.717, 1.165) is 17.7 Å². The maximum atomic E-state index is 5.53. The van der Waals surface area contributed by atoms with Crippen LogP contribution in [-0.2, 0) is 0 Å².